The number of rotatable bonds is 10. The second kappa shape index (κ2) is 12.6. The zero-order valence-corrected chi connectivity index (χ0v) is 24.5. The third-order valence-corrected chi connectivity index (χ3v) is 8.49. The molecule has 0 aliphatic heterocycles. The first-order valence-electron chi connectivity index (χ1n) is 12.8. The molecule has 0 aliphatic carbocycles. The average molecular weight is 622 g/mol. The Morgan fingerprint density at radius 1 is 1.05 bits per heavy atom. The Kier molecular flexibility index (Phi) is 9.09. The lowest BCUT2D eigenvalue weighted by Crippen LogP contribution is -2.43. The van der Waals surface area contributed by atoms with Crippen LogP contribution in [-0.4, -0.2) is 58.9 Å². The highest BCUT2D eigenvalue weighted by atomic mass is 35.5. The number of hydrogen-bond acceptors (Lipinski definition) is 8. The molecule has 5 aromatic rings. The molecule has 222 valence electrons. The normalized spacial score (nSPS) is 11.3. The van der Waals surface area contributed by atoms with Gasteiger partial charge >= 0.3 is 5.97 Å². The van der Waals surface area contributed by atoms with Crippen molar-refractivity contribution < 1.29 is 23.1 Å². The number of carboxylic acids is 1. The standard InChI is InChI=1S/C29H27N7O5S.ClH/c1-35-23-12-11-21(15-22(23)34-25(35)14-18-7-9-20(10-8-18)29(30)31)36(26(37)16-32-17-27(38)39)42(40,41)24-6-2-4-19-5-3-13-33-28(19)24;/h2-13,15,32H,14,16-17H2,1H3,(H3,30,31)(H,38,39);1H. The summed E-state index contributed by atoms with van der Waals surface area (Å²) >= 11 is 0. The molecule has 12 nitrogen and oxygen atoms in total. The van der Waals surface area contributed by atoms with Gasteiger partial charge in [0, 0.05) is 30.6 Å². The molecule has 2 heterocycles. The number of halogens is 1. The molecule has 0 atom stereocenters. The molecule has 0 aliphatic rings. The average Bonchev–Trinajstić information content (AvgIpc) is 3.26. The summed E-state index contributed by atoms with van der Waals surface area (Å²) in [6.07, 6.45) is 1.93. The third-order valence-electron chi connectivity index (χ3n) is 6.71. The Bertz CT molecular complexity index is 1950. The molecule has 0 unspecified atom stereocenters. The summed E-state index contributed by atoms with van der Waals surface area (Å²) in [5.74, 6) is -1.39. The number of nitrogen functional groups attached to an aromatic ring is 1. The lowest BCUT2D eigenvalue weighted by Gasteiger charge is -2.23. The number of amidine groups is 1. The number of sulfonamides is 1. The fourth-order valence-corrected chi connectivity index (χ4v) is 6.24. The van der Waals surface area contributed by atoms with E-state index in [0.717, 1.165) is 11.1 Å². The van der Waals surface area contributed by atoms with E-state index in [-0.39, 0.29) is 34.3 Å². The van der Waals surface area contributed by atoms with E-state index >= 15 is 0 Å². The van der Waals surface area contributed by atoms with Crippen LogP contribution in [0.4, 0.5) is 5.69 Å². The highest BCUT2D eigenvalue weighted by molar-refractivity contribution is 7.93. The van der Waals surface area contributed by atoms with Crippen molar-refractivity contribution in [1.82, 2.24) is 19.9 Å². The minimum absolute atomic E-state index is 0. The highest BCUT2D eigenvalue weighted by Gasteiger charge is 2.33. The van der Waals surface area contributed by atoms with Crippen LogP contribution in [0.2, 0.25) is 0 Å². The van der Waals surface area contributed by atoms with Crippen molar-refractivity contribution in [2.45, 2.75) is 11.3 Å². The molecule has 1 amide bonds. The van der Waals surface area contributed by atoms with Crippen molar-refractivity contribution >= 4 is 67.8 Å². The molecule has 0 saturated carbocycles. The topological polar surface area (TPSA) is 184 Å². The lowest BCUT2D eigenvalue weighted by molar-refractivity contribution is -0.135. The van der Waals surface area contributed by atoms with Gasteiger partial charge in [0.05, 0.1) is 35.3 Å². The zero-order chi connectivity index (χ0) is 30.0. The van der Waals surface area contributed by atoms with Crippen LogP contribution in [0.25, 0.3) is 21.9 Å². The number of carbonyl (C=O) groups excluding carboxylic acids is 1. The Balaban J connectivity index is 0.00000423. The second-order valence-corrected chi connectivity index (χ2v) is 11.3. The fraction of sp³-hybridized carbons (Fsp3) is 0.138. The Morgan fingerprint density at radius 3 is 2.47 bits per heavy atom. The van der Waals surface area contributed by atoms with E-state index < -0.39 is 35.0 Å². The predicted molar refractivity (Wildman–Crippen MR) is 165 cm³/mol. The number of imidazole rings is 1. The molecule has 43 heavy (non-hydrogen) atoms. The number of aliphatic carboxylic acids is 1. The molecular formula is C29H28ClN7O5S. The number of aromatic nitrogens is 3. The molecule has 0 radical (unpaired) electrons. The molecule has 5 rings (SSSR count). The van der Waals surface area contributed by atoms with E-state index in [1.807, 2.05) is 23.7 Å². The van der Waals surface area contributed by atoms with Crippen LogP contribution < -0.4 is 15.4 Å². The molecule has 5 N–H and O–H groups in total. The van der Waals surface area contributed by atoms with Crippen LogP contribution in [0.3, 0.4) is 0 Å². The second-order valence-electron chi connectivity index (χ2n) is 9.54. The summed E-state index contributed by atoms with van der Waals surface area (Å²) in [4.78, 5) is 33.2. The van der Waals surface area contributed by atoms with E-state index in [1.165, 1.54) is 24.4 Å². The summed E-state index contributed by atoms with van der Waals surface area (Å²) in [7, 11) is -2.65. The van der Waals surface area contributed by atoms with Crippen LogP contribution >= 0.6 is 12.4 Å². The van der Waals surface area contributed by atoms with Gasteiger partial charge in [-0.1, -0.05) is 42.5 Å². The predicted octanol–water partition coefficient (Wildman–Crippen LogP) is 2.81. The van der Waals surface area contributed by atoms with Gasteiger partial charge in [0.25, 0.3) is 15.9 Å². The summed E-state index contributed by atoms with van der Waals surface area (Å²) in [5, 5.41) is 19.6. The summed E-state index contributed by atoms with van der Waals surface area (Å²) < 4.78 is 30.7. The van der Waals surface area contributed by atoms with Crippen molar-refractivity contribution in [1.29, 1.82) is 5.41 Å². The van der Waals surface area contributed by atoms with Gasteiger partial charge in [-0.15, -0.1) is 12.4 Å². The number of pyridine rings is 1. The van der Waals surface area contributed by atoms with Gasteiger partial charge in [-0.05, 0) is 35.9 Å². The number of nitrogens with zero attached hydrogens (tertiary/aromatic N) is 4. The van der Waals surface area contributed by atoms with E-state index in [0.29, 0.717) is 33.0 Å². The van der Waals surface area contributed by atoms with Crippen molar-refractivity contribution in [2.24, 2.45) is 12.8 Å². The number of fused-ring (bicyclic) bond motifs is 2. The molecule has 0 fully saturated rings. The molecule has 0 bridgehead atoms. The van der Waals surface area contributed by atoms with Crippen molar-refractivity contribution in [3.63, 3.8) is 0 Å². The number of aryl methyl sites for hydroxylation is 1. The van der Waals surface area contributed by atoms with Crippen molar-refractivity contribution in [3.05, 3.63) is 95.9 Å². The van der Waals surface area contributed by atoms with E-state index in [4.69, 9.17) is 21.2 Å². The van der Waals surface area contributed by atoms with Crippen molar-refractivity contribution in [2.75, 3.05) is 17.4 Å². The fourth-order valence-electron chi connectivity index (χ4n) is 4.65. The molecular weight excluding hydrogens is 594 g/mol. The summed E-state index contributed by atoms with van der Waals surface area (Å²) in [6, 6.07) is 20.0. The van der Waals surface area contributed by atoms with Crippen LogP contribution in [-0.2, 0) is 33.1 Å². The Labute approximate surface area is 253 Å². The largest absolute Gasteiger partial charge is 0.480 e. The SMILES string of the molecule is Cl.Cn1c(Cc2ccc(C(=N)N)cc2)nc2cc(N(C(=O)CNCC(=O)O)S(=O)(=O)c3cccc4cccnc34)ccc21. The molecule has 0 saturated heterocycles. The Morgan fingerprint density at radius 2 is 1.77 bits per heavy atom. The monoisotopic (exact) mass is 621 g/mol. The maximum absolute atomic E-state index is 14.1. The quantitative estimate of drug-likeness (QED) is 0.134. The van der Waals surface area contributed by atoms with Crippen LogP contribution in [0.1, 0.15) is 17.0 Å². The van der Waals surface area contributed by atoms with Gasteiger partial charge < -0.3 is 15.4 Å². The van der Waals surface area contributed by atoms with Crippen LogP contribution in [0.5, 0.6) is 0 Å². The molecule has 14 heteroatoms. The number of amides is 1. The Hall–Kier alpha value is -4.85. The molecule has 3 aromatic carbocycles. The van der Waals surface area contributed by atoms with Gasteiger partial charge in [-0.25, -0.2) is 17.7 Å². The van der Waals surface area contributed by atoms with Crippen LogP contribution in [0.15, 0.2) is 83.9 Å². The number of benzene rings is 3. The minimum Gasteiger partial charge on any atom is -0.480 e. The number of hydrogen-bond donors (Lipinski definition) is 4. The number of carboxylic acid groups (broad SMARTS) is 1. The number of carbonyl (C=O) groups is 2. The maximum atomic E-state index is 14.1. The first-order chi connectivity index (χ1) is 20.1. The lowest BCUT2D eigenvalue weighted by atomic mass is 10.1. The zero-order valence-electron chi connectivity index (χ0n) is 22.9. The van der Waals surface area contributed by atoms with Gasteiger partial charge in [0.15, 0.2) is 0 Å². The molecule has 0 spiro atoms. The van der Waals surface area contributed by atoms with Gasteiger partial charge in [-0.3, -0.25) is 25.3 Å². The smallest absolute Gasteiger partial charge is 0.317 e. The first kappa shape index (κ1) is 31.1. The van der Waals surface area contributed by atoms with Gasteiger partial charge in [-0.2, -0.15) is 0 Å². The number of para-hydroxylation sites is 1. The van der Waals surface area contributed by atoms with E-state index in [1.54, 1.807) is 42.5 Å². The van der Waals surface area contributed by atoms with Gasteiger partial charge in [0.1, 0.15) is 16.6 Å². The van der Waals surface area contributed by atoms with Crippen molar-refractivity contribution in [3.8, 4) is 0 Å². The van der Waals surface area contributed by atoms with Gasteiger partial charge in [0.2, 0.25) is 0 Å². The van der Waals surface area contributed by atoms with E-state index in [9.17, 15) is 18.0 Å². The first-order valence-corrected chi connectivity index (χ1v) is 14.2. The number of nitrogens with one attached hydrogen (secondary N) is 2. The number of nitrogens with two attached hydrogens (primary N) is 1. The minimum atomic E-state index is -4.49. The highest BCUT2D eigenvalue weighted by Crippen LogP contribution is 2.31. The van der Waals surface area contributed by atoms with Crippen LogP contribution in [0, 0.1) is 5.41 Å². The van der Waals surface area contributed by atoms with E-state index in [2.05, 4.69) is 10.3 Å². The molecule has 2 aromatic heterocycles. The summed E-state index contributed by atoms with van der Waals surface area (Å²) in [6.45, 7) is -1.06. The third kappa shape index (κ3) is 6.33. The summed E-state index contributed by atoms with van der Waals surface area (Å²) in [5.41, 5.74) is 8.53. The number of anilines is 1. The maximum Gasteiger partial charge on any atom is 0.317 e.